The van der Waals surface area contributed by atoms with E-state index in [4.69, 9.17) is 0 Å². The molecule has 0 aliphatic carbocycles. The van der Waals surface area contributed by atoms with Gasteiger partial charge in [-0.3, -0.25) is 14.7 Å². The summed E-state index contributed by atoms with van der Waals surface area (Å²) in [5, 5.41) is 3.33. The first-order valence-corrected chi connectivity index (χ1v) is 6.81. The summed E-state index contributed by atoms with van der Waals surface area (Å²) >= 11 is 0. The van der Waals surface area contributed by atoms with Gasteiger partial charge in [0.25, 0.3) is 0 Å². The van der Waals surface area contributed by atoms with E-state index in [1.165, 1.54) is 0 Å². The summed E-state index contributed by atoms with van der Waals surface area (Å²) in [4.78, 5) is 20.2. The van der Waals surface area contributed by atoms with Crippen molar-refractivity contribution in [2.45, 2.75) is 6.42 Å². The van der Waals surface area contributed by atoms with Crippen molar-refractivity contribution in [3.05, 3.63) is 30.1 Å². The average molecular weight is 262 g/mol. The molecule has 0 spiro atoms. The van der Waals surface area contributed by atoms with Crippen molar-refractivity contribution < 1.29 is 4.79 Å². The van der Waals surface area contributed by atoms with Crippen molar-refractivity contribution in [1.29, 1.82) is 0 Å². The number of likely N-dealkylation sites (N-methyl/N-ethyl adjacent to an activating group) is 1. The third-order valence-corrected chi connectivity index (χ3v) is 3.49. The van der Waals surface area contributed by atoms with Gasteiger partial charge in [0.15, 0.2) is 0 Å². The van der Waals surface area contributed by atoms with Gasteiger partial charge in [0.05, 0.1) is 6.42 Å². The fraction of sp³-hybridized carbons (Fsp3) is 0.571. The Kier molecular flexibility index (Phi) is 5.30. The van der Waals surface area contributed by atoms with Gasteiger partial charge in [0.1, 0.15) is 0 Å². The molecule has 0 radical (unpaired) electrons. The normalized spacial score (nSPS) is 16.3. The van der Waals surface area contributed by atoms with E-state index in [0.717, 1.165) is 44.8 Å². The lowest BCUT2D eigenvalue weighted by Crippen LogP contribution is -2.46. The van der Waals surface area contributed by atoms with Gasteiger partial charge in [-0.25, -0.2) is 0 Å². The van der Waals surface area contributed by atoms with E-state index in [0.29, 0.717) is 6.42 Å². The van der Waals surface area contributed by atoms with Crippen LogP contribution in [0.15, 0.2) is 24.5 Å². The molecule has 104 valence electrons. The maximum Gasteiger partial charge on any atom is 0.226 e. The minimum absolute atomic E-state index is 0.168. The van der Waals surface area contributed by atoms with Gasteiger partial charge in [0.2, 0.25) is 5.91 Å². The molecule has 1 aromatic heterocycles. The van der Waals surface area contributed by atoms with E-state index >= 15 is 0 Å². The highest BCUT2D eigenvalue weighted by Crippen LogP contribution is 2.01. The van der Waals surface area contributed by atoms with Crippen LogP contribution in [0.1, 0.15) is 5.56 Å². The van der Waals surface area contributed by atoms with E-state index < -0.39 is 0 Å². The van der Waals surface area contributed by atoms with Gasteiger partial charge in [-0.05, 0) is 17.7 Å². The largest absolute Gasteiger partial charge is 0.344 e. The molecular weight excluding hydrogens is 240 g/mol. The molecule has 5 heteroatoms. The first-order valence-electron chi connectivity index (χ1n) is 6.81. The maximum absolute atomic E-state index is 12.1. The number of hydrogen-bond donors (Lipinski definition) is 1. The summed E-state index contributed by atoms with van der Waals surface area (Å²) in [5.74, 6) is 0.168. The summed E-state index contributed by atoms with van der Waals surface area (Å²) in [5.41, 5.74) is 1.02. The molecule has 0 saturated carbocycles. The lowest BCUT2D eigenvalue weighted by Gasteiger charge is -2.29. The molecule has 1 amide bonds. The molecule has 1 fully saturated rings. The molecule has 1 saturated heterocycles. The van der Waals surface area contributed by atoms with Gasteiger partial charge in [0, 0.05) is 58.7 Å². The van der Waals surface area contributed by atoms with Gasteiger partial charge in [-0.15, -0.1) is 0 Å². The summed E-state index contributed by atoms with van der Waals surface area (Å²) in [6, 6.07) is 3.78. The van der Waals surface area contributed by atoms with Crippen LogP contribution in [-0.2, 0) is 11.2 Å². The molecule has 0 unspecified atom stereocenters. The Bertz CT molecular complexity index is 390. The molecule has 2 heterocycles. The second-order valence-corrected chi connectivity index (χ2v) is 4.94. The Morgan fingerprint density at radius 1 is 1.37 bits per heavy atom. The highest BCUT2D eigenvalue weighted by atomic mass is 16.2. The van der Waals surface area contributed by atoms with Gasteiger partial charge in [-0.2, -0.15) is 0 Å². The number of aromatic nitrogens is 1. The van der Waals surface area contributed by atoms with Crippen LogP contribution in [0.2, 0.25) is 0 Å². The quantitative estimate of drug-likeness (QED) is 0.811. The summed E-state index contributed by atoms with van der Waals surface area (Å²) in [6.45, 7) is 6.01. The van der Waals surface area contributed by atoms with Crippen LogP contribution >= 0.6 is 0 Å². The van der Waals surface area contributed by atoms with E-state index in [2.05, 4.69) is 15.2 Å². The first kappa shape index (κ1) is 14.0. The van der Waals surface area contributed by atoms with Crippen LogP contribution in [0.4, 0.5) is 0 Å². The second kappa shape index (κ2) is 7.21. The number of piperazine rings is 1. The molecule has 0 atom stereocenters. The molecule has 19 heavy (non-hydrogen) atoms. The number of hydrogen-bond acceptors (Lipinski definition) is 4. The minimum atomic E-state index is 0.168. The predicted octanol–water partition coefficient (Wildman–Crippen LogP) is -0.0123. The third kappa shape index (κ3) is 4.61. The van der Waals surface area contributed by atoms with Gasteiger partial charge in [-0.1, -0.05) is 0 Å². The number of carbonyl (C=O) groups excluding carboxylic acids is 1. The zero-order valence-electron chi connectivity index (χ0n) is 11.5. The van der Waals surface area contributed by atoms with E-state index in [-0.39, 0.29) is 5.91 Å². The summed E-state index contributed by atoms with van der Waals surface area (Å²) in [7, 11) is 1.88. The lowest BCUT2D eigenvalue weighted by atomic mass is 10.2. The standard InChI is InChI=1S/C14H22N4O/c1-17(10-11-18-8-6-16-7-9-18)14(19)12-13-2-4-15-5-3-13/h2-5,16H,6-12H2,1H3. The molecule has 1 aliphatic heterocycles. The van der Waals surface area contributed by atoms with E-state index in [9.17, 15) is 4.79 Å². The summed E-state index contributed by atoms with van der Waals surface area (Å²) in [6.07, 6.45) is 3.91. The fourth-order valence-corrected chi connectivity index (χ4v) is 2.16. The molecule has 1 N–H and O–H groups in total. The van der Waals surface area contributed by atoms with Crippen molar-refractivity contribution in [2.24, 2.45) is 0 Å². The number of rotatable bonds is 5. The van der Waals surface area contributed by atoms with Crippen molar-refractivity contribution >= 4 is 5.91 Å². The van der Waals surface area contributed by atoms with E-state index in [1.54, 1.807) is 12.4 Å². The molecule has 5 nitrogen and oxygen atoms in total. The molecule has 0 bridgehead atoms. The Morgan fingerprint density at radius 2 is 2.05 bits per heavy atom. The molecule has 0 aromatic carbocycles. The Balaban J connectivity index is 1.73. The topological polar surface area (TPSA) is 48.5 Å². The number of pyridine rings is 1. The van der Waals surface area contributed by atoms with Crippen molar-refractivity contribution in [1.82, 2.24) is 20.1 Å². The molecular formula is C14H22N4O. The van der Waals surface area contributed by atoms with E-state index in [1.807, 2.05) is 24.1 Å². The zero-order chi connectivity index (χ0) is 13.5. The Hall–Kier alpha value is -1.46. The number of nitrogens with zero attached hydrogens (tertiary/aromatic N) is 3. The minimum Gasteiger partial charge on any atom is -0.344 e. The zero-order valence-corrected chi connectivity index (χ0v) is 11.5. The monoisotopic (exact) mass is 262 g/mol. The SMILES string of the molecule is CN(CCN1CCNCC1)C(=O)Cc1ccncc1. The molecule has 1 aliphatic rings. The Morgan fingerprint density at radius 3 is 2.74 bits per heavy atom. The van der Waals surface area contributed by atoms with Crippen LogP contribution < -0.4 is 5.32 Å². The van der Waals surface area contributed by atoms with Crippen LogP contribution in [0.3, 0.4) is 0 Å². The second-order valence-electron chi connectivity index (χ2n) is 4.94. The highest BCUT2D eigenvalue weighted by molar-refractivity contribution is 5.78. The van der Waals surface area contributed by atoms with Crippen molar-refractivity contribution in [3.63, 3.8) is 0 Å². The van der Waals surface area contributed by atoms with Crippen molar-refractivity contribution in [3.8, 4) is 0 Å². The number of carbonyl (C=O) groups is 1. The average Bonchev–Trinajstić information content (AvgIpc) is 2.47. The molecule has 2 rings (SSSR count). The maximum atomic E-state index is 12.1. The molecule has 1 aromatic rings. The number of amides is 1. The predicted molar refractivity (Wildman–Crippen MR) is 74.9 cm³/mol. The van der Waals surface area contributed by atoms with Gasteiger partial charge >= 0.3 is 0 Å². The van der Waals surface area contributed by atoms with Crippen LogP contribution in [0, 0.1) is 0 Å². The fourth-order valence-electron chi connectivity index (χ4n) is 2.16. The van der Waals surface area contributed by atoms with Gasteiger partial charge < -0.3 is 10.2 Å². The number of nitrogens with one attached hydrogen (secondary N) is 1. The lowest BCUT2D eigenvalue weighted by molar-refractivity contribution is -0.129. The van der Waals surface area contributed by atoms with Crippen LogP contribution in [-0.4, -0.2) is 67.0 Å². The smallest absolute Gasteiger partial charge is 0.226 e. The van der Waals surface area contributed by atoms with Crippen LogP contribution in [0.25, 0.3) is 0 Å². The van der Waals surface area contributed by atoms with Crippen LogP contribution in [0.5, 0.6) is 0 Å². The third-order valence-electron chi connectivity index (χ3n) is 3.49. The van der Waals surface area contributed by atoms with Crippen molar-refractivity contribution in [2.75, 3.05) is 46.3 Å². The Labute approximate surface area is 114 Å². The first-order chi connectivity index (χ1) is 9.25. The summed E-state index contributed by atoms with van der Waals surface area (Å²) < 4.78 is 0. The highest BCUT2D eigenvalue weighted by Gasteiger charge is 2.13.